The highest BCUT2D eigenvalue weighted by atomic mass is 16.3. The van der Waals surface area contributed by atoms with E-state index in [2.05, 4.69) is 19.9 Å². The van der Waals surface area contributed by atoms with Gasteiger partial charge in [-0.15, -0.1) is 0 Å². The normalized spacial score (nSPS) is 52.2. The Balaban J connectivity index is 1.74. The molecule has 0 spiro atoms. The van der Waals surface area contributed by atoms with Crippen molar-refractivity contribution in [2.75, 3.05) is 0 Å². The highest BCUT2D eigenvalue weighted by molar-refractivity contribution is 6.04. The van der Waals surface area contributed by atoms with Gasteiger partial charge in [0.1, 0.15) is 0 Å². The molecule has 6 atom stereocenters. The van der Waals surface area contributed by atoms with Crippen molar-refractivity contribution in [1.29, 1.82) is 0 Å². The highest BCUT2D eigenvalue weighted by Crippen LogP contribution is 2.67. The standard InChI is InChI=1S/C20H28O3/c1-18-9-8-16(21)17(22)15(18)5-4-12-13(18)6-10-19(2)14(12)7-11-20(19,3)23/h8-9,12-14,22-23H,4-7,10-11H2,1-3H3/t12-,13+,14+,18-,19+,20?/m1/s1. The number of hydrogen-bond acceptors (Lipinski definition) is 3. The first-order valence-corrected chi connectivity index (χ1v) is 9.09. The molecule has 126 valence electrons. The van der Waals surface area contributed by atoms with Gasteiger partial charge in [-0.1, -0.05) is 19.9 Å². The van der Waals surface area contributed by atoms with Crippen molar-refractivity contribution in [3.63, 3.8) is 0 Å². The molecule has 4 rings (SSSR count). The largest absolute Gasteiger partial charge is 0.504 e. The number of allylic oxidation sites excluding steroid dienone is 3. The van der Waals surface area contributed by atoms with Crippen LogP contribution in [0.15, 0.2) is 23.5 Å². The third-order valence-corrected chi connectivity index (χ3v) is 8.25. The average Bonchev–Trinajstić information content (AvgIpc) is 2.74. The minimum Gasteiger partial charge on any atom is -0.504 e. The van der Waals surface area contributed by atoms with Crippen LogP contribution >= 0.6 is 0 Å². The van der Waals surface area contributed by atoms with Crippen LogP contribution in [0, 0.1) is 28.6 Å². The van der Waals surface area contributed by atoms with Crippen LogP contribution in [0.3, 0.4) is 0 Å². The van der Waals surface area contributed by atoms with Crippen molar-refractivity contribution in [2.24, 2.45) is 28.6 Å². The number of rotatable bonds is 0. The van der Waals surface area contributed by atoms with E-state index in [0.29, 0.717) is 17.8 Å². The lowest BCUT2D eigenvalue weighted by molar-refractivity contribution is -0.117. The van der Waals surface area contributed by atoms with Gasteiger partial charge in [-0.3, -0.25) is 4.79 Å². The molecule has 0 saturated heterocycles. The second-order valence-electron chi connectivity index (χ2n) is 8.99. The SMILES string of the molecule is CC1(O)CC[C@H]2[C@@H]3CCC4=C(O)C(=O)C=C[C@]4(C)[C@H]3CC[C@@]21C. The first-order valence-electron chi connectivity index (χ1n) is 9.09. The summed E-state index contributed by atoms with van der Waals surface area (Å²) < 4.78 is 0. The molecule has 3 fully saturated rings. The van der Waals surface area contributed by atoms with Crippen molar-refractivity contribution >= 4 is 5.78 Å². The van der Waals surface area contributed by atoms with Crippen LogP contribution in [0.25, 0.3) is 0 Å². The summed E-state index contributed by atoms with van der Waals surface area (Å²) in [4.78, 5) is 11.8. The van der Waals surface area contributed by atoms with E-state index in [1.807, 2.05) is 6.92 Å². The van der Waals surface area contributed by atoms with Gasteiger partial charge in [-0.2, -0.15) is 0 Å². The van der Waals surface area contributed by atoms with E-state index in [1.165, 1.54) is 0 Å². The topological polar surface area (TPSA) is 57.5 Å². The first-order chi connectivity index (χ1) is 10.7. The highest BCUT2D eigenvalue weighted by Gasteiger charge is 2.62. The molecule has 0 aliphatic heterocycles. The van der Waals surface area contributed by atoms with Crippen molar-refractivity contribution < 1.29 is 15.0 Å². The molecule has 0 bridgehead atoms. The van der Waals surface area contributed by atoms with Crippen molar-refractivity contribution in [1.82, 2.24) is 0 Å². The summed E-state index contributed by atoms with van der Waals surface area (Å²) in [6.45, 7) is 6.51. The van der Waals surface area contributed by atoms with Gasteiger partial charge in [0.05, 0.1) is 5.60 Å². The van der Waals surface area contributed by atoms with Gasteiger partial charge in [-0.25, -0.2) is 0 Å². The Morgan fingerprint density at radius 1 is 1.09 bits per heavy atom. The number of fused-ring (bicyclic) bond motifs is 5. The number of carbonyl (C=O) groups excluding carboxylic acids is 1. The molecular weight excluding hydrogens is 288 g/mol. The van der Waals surface area contributed by atoms with E-state index in [0.717, 1.165) is 44.1 Å². The Morgan fingerprint density at radius 3 is 2.52 bits per heavy atom. The number of ketones is 1. The molecule has 0 radical (unpaired) electrons. The Bertz CT molecular complexity index is 629. The lowest BCUT2D eigenvalue weighted by Crippen LogP contribution is -2.53. The molecule has 4 aliphatic rings. The van der Waals surface area contributed by atoms with Crippen LogP contribution in [0.2, 0.25) is 0 Å². The van der Waals surface area contributed by atoms with Crippen molar-refractivity contribution in [3.05, 3.63) is 23.5 Å². The van der Waals surface area contributed by atoms with Crippen LogP contribution in [-0.4, -0.2) is 21.6 Å². The predicted octanol–water partition coefficient (Wildman–Crippen LogP) is 3.93. The zero-order valence-corrected chi connectivity index (χ0v) is 14.4. The monoisotopic (exact) mass is 316 g/mol. The maximum absolute atomic E-state index is 11.8. The summed E-state index contributed by atoms with van der Waals surface area (Å²) in [6, 6.07) is 0. The summed E-state index contributed by atoms with van der Waals surface area (Å²) in [5.74, 6) is 1.38. The van der Waals surface area contributed by atoms with Crippen LogP contribution in [-0.2, 0) is 4.79 Å². The van der Waals surface area contributed by atoms with E-state index in [4.69, 9.17) is 0 Å². The van der Waals surface area contributed by atoms with Crippen LogP contribution in [0.4, 0.5) is 0 Å². The molecule has 1 unspecified atom stereocenters. The van der Waals surface area contributed by atoms with Gasteiger partial charge in [0, 0.05) is 5.41 Å². The summed E-state index contributed by atoms with van der Waals surface area (Å²) in [7, 11) is 0. The number of aliphatic hydroxyl groups excluding tert-OH is 1. The number of hydrogen-bond donors (Lipinski definition) is 2. The Kier molecular flexibility index (Phi) is 3.02. The third kappa shape index (κ3) is 1.77. The van der Waals surface area contributed by atoms with Gasteiger partial charge < -0.3 is 10.2 Å². The van der Waals surface area contributed by atoms with Crippen molar-refractivity contribution in [2.45, 2.75) is 64.9 Å². The second kappa shape index (κ2) is 4.50. The van der Waals surface area contributed by atoms with Gasteiger partial charge in [0.2, 0.25) is 5.78 Å². The van der Waals surface area contributed by atoms with E-state index in [-0.39, 0.29) is 22.4 Å². The van der Waals surface area contributed by atoms with Gasteiger partial charge in [0.25, 0.3) is 0 Å². The van der Waals surface area contributed by atoms with E-state index in [9.17, 15) is 15.0 Å². The Hall–Kier alpha value is -1.09. The predicted molar refractivity (Wildman–Crippen MR) is 88.8 cm³/mol. The third-order valence-electron chi connectivity index (χ3n) is 8.25. The summed E-state index contributed by atoms with van der Waals surface area (Å²) in [5.41, 5.74) is 0.235. The van der Waals surface area contributed by atoms with Crippen LogP contribution < -0.4 is 0 Å². The maximum Gasteiger partial charge on any atom is 0.219 e. The lowest BCUT2D eigenvalue weighted by Gasteiger charge is -2.57. The molecular formula is C20H28O3. The molecule has 0 aromatic heterocycles. The molecule has 0 amide bonds. The summed E-state index contributed by atoms with van der Waals surface area (Å²) >= 11 is 0. The lowest BCUT2D eigenvalue weighted by atomic mass is 9.47. The molecule has 23 heavy (non-hydrogen) atoms. The van der Waals surface area contributed by atoms with Gasteiger partial charge >= 0.3 is 0 Å². The Labute approximate surface area is 138 Å². The van der Waals surface area contributed by atoms with E-state index >= 15 is 0 Å². The van der Waals surface area contributed by atoms with Gasteiger partial charge in [0.15, 0.2) is 5.76 Å². The number of carbonyl (C=O) groups is 1. The zero-order chi connectivity index (χ0) is 16.6. The second-order valence-corrected chi connectivity index (χ2v) is 8.99. The van der Waals surface area contributed by atoms with Crippen LogP contribution in [0.5, 0.6) is 0 Å². The summed E-state index contributed by atoms with van der Waals surface area (Å²) in [6.07, 6.45) is 9.59. The smallest absolute Gasteiger partial charge is 0.219 e. The van der Waals surface area contributed by atoms with E-state index in [1.54, 1.807) is 6.08 Å². The molecule has 3 heteroatoms. The number of aliphatic hydroxyl groups is 2. The molecule has 3 nitrogen and oxygen atoms in total. The van der Waals surface area contributed by atoms with Crippen LogP contribution in [0.1, 0.15) is 59.3 Å². The molecule has 0 aromatic rings. The molecule has 3 saturated carbocycles. The average molecular weight is 316 g/mol. The zero-order valence-electron chi connectivity index (χ0n) is 14.4. The Morgan fingerprint density at radius 2 is 1.78 bits per heavy atom. The molecule has 0 heterocycles. The minimum atomic E-state index is -0.555. The quantitative estimate of drug-likeness (QED) is 0.712. The minimum absolute atomic E-state index is 0.000189. The molecule has 4 aliphatic carbocycles. The summed E-state index contributed by atoms with van der Waals surface area (Å²) in [5, 5.41) is 21.2. The van der Waals surface area contributed by atoms with Crippen molar-refractivity contribution in [3.8, 4) is 0 Å². The van der Waals surface area contributed by atoms with Gasteiger partial charge in [-0.05, 0) is 80.3 Å². The fraction of sp³-hybridized carbons (Fsp3) is 0.750. The maximum atomic E-state index is 11.8. The molecule has 2 N–H and O–H groups in total. The fourth-order valence-electron chi connectivity index (χ4n) is 6.56. The first kappa shape index (κ1) is 15.4. The van der Waals surface area contributed by atoms with E-state index < -0.39 is 5.60 Å². The fourth-order valence-corrected chi connectivity index (χ4v) is 6.56. The molecule has 0 aromatic carbocycles.